The SMILES string of the molecule is O=C1C(=O)N(CCO)[C@@H](c2ccc(Cl)cc2)/C1=C(\O)c1ccc(Br)cc1. The number of amides is 1. The van der Waals surface area contributed by atoms with Crippen molar-refractivity contribution in [1.29, 1.82) is 0 Å². The fourth-order valence-corrected chi connectivity index (χ4v) is 3.36. The van der Waals surface area contributed by atoms with Gasteiger partial charge in [0.05, 0.1) is 18.2 Å². The summed E-state index contributed by atoms with van der Waals surface area (Å²) in [6.45, 7) is -0.315. The summed E-state index contributed by atoms with van der Waals surface area (Å²) in [5.74, 6) is -1.78. The van der Waals surface area contributed by atoms with Gasteiger partial charge in [-0.05, 0) is 29.8 Å². The van der Waals surface area contributed by atoms with Gasteiger partial charge in [-0.2, -0.15) is 0 Å². The molecule has 2 N–H and O–H groups in total. The number of carbonyl (C=O) groups is 2. The Labute approximate surface area is 163 Å². The van der Waals surface area contributed by atoms with E-state index in [2.05, 4.69) is 15.9 Å². The number of carbonyl (C=O) groups excluding carboxylic acids is 2. The molecule has 2 aromatic carbocycles. The third-order valence-corrected chi connectivity index (χ3v) is 4.96. The minimum Gasteiger partial charge on any atom is -0.507 e. The van der Waals surface area contributed by atoms with Crippen molar-refractivity contribution in [2.24, 2.45) is 0 Å². The molecule has 0 aromatic heterocycles. The molecule has 0 unspecified atom stereocenters. The lowest BCUT2D eigenvalue weighted by Crippen LogP contribution is -2.32. The summed E-state index contributed by atoms with van der Waals surface area (Å²) in [6.07, 6.45) is 0. The summed E-state index contributed by atoms with van der Waals surface area (Å²) in [6, 6.07) is 12.7. The van der Waals surface area contributed by atoms with Crippen LogP contribution >= 0.6 is 27.5 Å². The number of Topliss-reactive ketones (excluding diaryl/α,β-unsaturated/α-hetero) is 1. The molecule has 7 heteroatoms. The number of rotatable bonds is 4. The zero-order chi connectivity index (χ0) is 18.8. The van der Waals surface area contributed by atoms with Crippen LogP contribution in [0.2, 0.25) is 5.02 Å². The number of likely N-dealkylation sites (tertiary alicyclic amines) is 1. The first kappa shape index (κ1) is 18.6. The van der Waals surface area contributed by atoms with Crippen LogP contribution in [0.1, 0.15) is 17.2 Å². The number of ketones is 1. The van der Waals surface area contributed by atoms with Crippen molar-refractivity contribution in [2.75, 3.05) is 13.2 Å². The van der Waals surface area contributed by atoms with Crippen molar-refractivity contribution in [3.63, 3.8) is 0 Å². The lowest BCUT2D eigenvalue weighted by atomic mass is 9.95. The molecule has 0 radical (unpaired) electrons. The zero-order valence-electron chi connectivity index (χ0n) is 13.5. The molecule has 1 heterocycles. The number of halogens is 2. The number of aliphatic hydroxyl groups excluding tert-OH is 2. The number of hydrogen-bond acceptors (Lipinski definition) is 4. The summed E-state index contributed by atoms with van der Waals surface area (Å²) in [5, 5.41) is 20.6. The first-order valence-electron chi connectivity index (χ1n) is 7.84. The Kier molecular flexibility index (Phi) is 5.46. The highest BCUT2D eigenvalue weighted by atomic mass is 79.9. The lowest BCUT2D eigenvalue weighted by Gasteiger charge is -2.24. The molecule has 1 aliphatic rings. The van der Waals surface area contributed by atoms with E-state index in [4.69, 9.17) is 11.6 Å². The van der Waals surface area contributed by atoms with E-state index in [0.717, 1.165) is 4.47 Å². The van der Waals surface area contributed by atoms with Crippen LogP contribution in [0.3, 0.4) is 0 Å². The third-order valence-electron chi connectivity index (χ3n) is 4.18. The second-order valence-corrected chi connectivity index (χ2v) is 7.13. The molecule has 0 bridgehead atoms. The first-order valence-corrected chi connectivity index (χ1v) is 9.02. The van der Waals surface area contributed by atoms with E-state index < -0.39 is 17.7 Å². The van der Waals surface area contributed by atoms with Crippen LogP contribution in [-0.2, 0) is 9.59 Å². The van der Waals surface area contributed by atoms with Gasteiger partial charge >= 0.3 is 0 Å². The predicted octanol–water partition coefficient (Wildman–Crippen LogP) is 3.52. The zero-order valence-corrected chi connectivity index (χ0v) is 15.9. The highest BCUT2D eigenvalue weighted by Gasteiger charge is 2.45. The minimum atomic E-state index is -0.789. The van der Waals surface area contributed by atoms with E-state index in [1.165, 1.54) is 4.90 Å². The molecule has 0 saturated carbocycles. The molecule has 134 valence electrons. The van der Waals surface area contributed by atoms with Gasteiger partial charge in [0.2, 0.25) is 0 Å². The van der Waals surface area contributed by atoms with Gasteiger partial charge < -0.3 is 15.1 Å². The Morgan fingerprint density at radius 1 is 1.08 bits per heavy atom. The number of β-amino-alcohol motifs (C(OH)–C–C–N with tert-alkyl or cyclic N) is 1. The van der Waals surface area contributed by atoms with Gasteiger partial charge in [0.15, 0.2) is 0 Å². The summed E-state index contributed by atoms with van der Waals surface area (Å²) in [5.41, 5.74) is 1.04. The first-order chi connectivity index (χ1) is 12.4. The Morgan fingerprint density at radius 2 is 1.69 bits per heavy atom. The second kappa shape index (κ2) is 7.61. The van der Waals surface area contributed by atoms with Crippen LogP contribution in [0.5, 0.6) is 0 Å². The average molecular weight is 437 g/mol. The predicted molar refractivity (Wildman–Crippen MR) is 102 cm³/mol. The number of hydrogen-bond donors (Lipinski definition) is 2. The molecule has 1 aliphatic heterocycles. The third kappa shape index (κ3) is 3.40. The number of aliphatic hydroxyl groups is 2. The normalized spacial score (nSPS) is 19.2. The topological polar surface area (TPSA) is 77.8 Å². The van der Waals surface area contributed by atoms with Crippen molar-refractivity contribution in [1.82, 2.24) is 4.90 Å². The van der Waals surface area contributed by atoms with Gasteiger partial charge in [-0.25, -0.2) is 0 Å². The lowest BCUT2D eigenvalue weighted by molar-refractivity contribution is -0.140. The van der Waals surface area contributed by atoms with Crippen molar-refractivity contribution in [3.8, 4) is 0 Å². The quantitative estimate of drug-likeness (QED) is 0.437. The maximum atomic E-state index is 12.6. The molecule has 1 fully saturated rings. The number of benzene rings is 2. The molecule has 0 spiro atoms. The fourth-order valence-electron chi connectivity index (χ4n) is 2.97. The van der Waals surface area contributed by atoms with Crippen LogP contribution in [0, 0.1) is 0 Å². The van der Waals surface area contributed by atoms with Crippen molar-refractivity contribution < 1.29 is 19.8 Å². The smallest absolute Gasteiger partial charge is 0.295 e. The molecular formula is C19H15BrClNO4. The van der Waals surface area contributed by atoms with Gasteiger partial charge in [-0.1, -0.05) is 51.8 Å². The van der Waals surface area contributed by atoms with Gasteiger partial charge in [0, 0.05) is 21.6 Å². The van der Waals surface area contributed by atoms with Crippen molar-refractivity contribution in [3.05, 3.63) is 74.7 Å². The Bertz CT molecular complexity index is 877. The van der Waals surface area contributed by atoms with Gasteiger partial charge in [0.1, 0.15) is 5.76 Å². The molecule has 1 saturated heterocycles. The van der Waals surface area contributed by atoms with Gasteiger partial charge in [-0.15, -0.1) is 0 Å². The van der Waals surface area contributed by atoms with E-state index in [0.29, 0.717) is 16.1 Å². The van der Waals surface area contributed by atoms with Gasteiger partial charge in [0.25, 0.3) is 11.7 Å². The molecule has 2 aromatic rings. The van der Waals surface area contributed by atoms with E-state index >= 15 is 0 Å². The van der Waals surface area contributed by atoms with E-state index in [-0.39, 0.29) is 24.5 Å². The summed E-state index contributed by atoms with van der Waals surface area (Å²) in [4.78, 5) is 26.3. The van der Waals surface area contributed by atoms with E-state index in [1.807, 2.05) is 0 Å². The summed E-state index contributed by atoms with van der Waals surface area (Å²) < 4.78 is 0.823. The molecule has 1 amide bonds. The van der Waals surface area contributed by atoms with E-state index in [9.17, 15) is 19.8 Å². The molecule has 1 atom stereocenters. The van der Waals surface area contributed by atoms with Crippen molar-refractivity contribution in [2.45, 2.75) is 6.04 Å². The minimum absolute atomic E-state index is 0.00639. The van der Waals surface area contributed by atoms with Crippen LogP contribution in [0.4, 0.5) is 0 Å². The molecule has 0 aliphatic carbocycles. The monoisotopic (exact) mass is 435 g/mol. The largest absolute Gasteiger partial charge is 0.507 e. The molecule has 5 nitrogen and oxygen atoms in total. The highest BCUT2D eigenvalue weighted by Crippen LogP contribution is 2.39. The van der Waals surface area contributed by atoms with Crippen LogP contribution in [-0.4, -0.2) is 40.0 Å². The second-order valence-electron chi connectivity index (χ2n) is 5.77. The van der Waals surface area contributed by atoms with Crippen molar-refractivity contribution >= 4 is 45.0 Å². The molecular weight excluding hydrogens is 422 g/mol. The maximum absolute atomic E-state index is 12.6. The highest BCUT2D eigenvalue weighted by molar-refractivity contribution is 9.10. The maximum Gasteiger partial charge on any atom is 0.295 e. The summed E-state index contributed by atoms with van der Waals surface area (Å²) >= 11 is 9.25. The molecule has 3 rings (SSSR count). The average Bonchev–Trinajstić information content (AvgIpc) is 2.88. The summed E-state index contributed by atoms with van der Waals surface area (Å²) in [7, 11) is 0. The number of nitrogens with zero attached hydrogens (tertiary/aromatic N) is 1. The fraction of sp³-hybridized carbons (Fsp3) is 0.158. The Hall–Kier alpha value is -2.15. The van der Waals surface area contributed by atoms with Crippen LogP contribution in [0.25, 0.3) is 5.76 Å². The molecule has 26 heavy (non-hydrogen) atoms. The van der Waals surface area contributed by atoms with E-state index in [1.54, 1.807) is 48.5 Å². The Morgan fingerprint density at radius 3 is 2.27 bits per heavy atom. The Balaban J connectivity index is 2.17. The standard InChI is InChI=1S/C19H15BrClNO4/c20-13-5-1-12(2-6-13)17(24)15-16(11-3-7-14(21)8-4-11)22(9-10-23)19(26)18(15)25/h1-8,16,23-24H,9-10H2/b17-15+/t16-/m0/s1. The van der Waals surface area contributed by atoms with Gasteiger partial charge in [-0.3, -0.25) is 9.59 Å². The van der Waals surface area contributed by atoms with Crippen LogP contribution in [0.15, 0.2) is 58.6 Å². The van der Waals surface area contributed by atoms with Crippen LogP contribution < -0.4 is 0 Å².